The summed E-state index contributed by atoms with van der Waals surface area (Å²) < 4.78 is 24.6. The largest absolute Gasteiger partial charge is 0.378 e. The Kier molecular flexibility index (Phi) is 6.45. The maximum Gasteiger partial charge on any atom is 0.308 e. The van der Waals surface area contributed by atoms with Crippen molar-refractivity contribution in [3.8, 4) is 0 Å². The van der Waals surface area contributed by atoms with Gasteiger partial charge in [0.15, 0.2) is 0 Å². The maximum absolute atomic E-state index is 13.3. The van der Waals surface area contributed by atoms with Crippen LogP contribution in [-0.2, 0) is 21.4 Å². The van der Waals surface area contributed by atoms with Gasteiger partial charge in [0.25, 0.3) is 0 Å². The van der Waals surface area contributed by atoms with Gasteiger partial charge in [0, 0.05) is 41.5 Å². The van der Waals surface area contributed by atoms with Gasteiger partial charge in [0.2, 0.25) is 15.9 Å². The highest BCUT2D eigenvalue weighted by Gasteiger charge is 2.55. The summed E-state index contributed by atoms with van der Waals surface area (Å²) in [4.78, 5) is 29.3. The van der Waals surface area contributed by atoms with Crippen molar-refractivity contribution in [3.05, 3.63) is 68.6 Å². The summed E-state index contributed by atoms with van der Waals surface area (Å²) in [5.41, 5.74) is 2.83. The van der Waals surface area contributed by atoms with Gasteiger partial charge in [-0.3, -0.25) is 14.2 Å². The molecule has 0 radical (unpaired) electrons. The number of nitrogens with two attached hydrogens (primary N) is 1. The van der Waals surface area contributed by atoms with Gasteiger partial charge in [-0.05, 0) is 79.0 Å². The van der Waals surface area contributed by atoms with Gasteiger partial charge in [-0.2, -0.15) is 0 Å². The summed E-state index contributed by atoms with van der Waals surface area (Å²) in [6.07, 6.45) is 3.75. The van der Waals surface area contributed by atoms with E-state index in [0.29, 0.717) is 28.7 Å². The van der Waals surface area contributed by atoms with Crippen molar-refractivity contribution >= 4 is 50.4 Å². The number of fused-ring (bicyclic) bond motifs is 6. The third kappa shape index (κ3) is 4.49. The standard InChI is InChI=1S/C27H30N4O4S3/c1-30(2)19-9-5-15(6-10-19)22-23-16-3-4-17(13-16)24(23)36-26-25(22)37-27(33)31(26)14-21(32)29-18-7-11-20(12-8-18)38(28,34)35/h5-12,16-17,22-24H,3-4,13-14H2,1-2H3,(H,29,32)(H2,28,34,35)/t16?,17?,22-,23?,24?/m0/s1. The molecule has 2 fully saturated rings. The third-order valence-electron chi connectivity index (χ3n) is 8.23. The molecule has 2 aromatic carbocycles. The molecule has 38 heavy (non-hydrogen) atoms. The SMILES string of the molecule is CN(C)c1ccc([C@@H]2c3sc(=O)n(CC(=O)Nc4ccc(S(N)(=O)=O)cc4)c3SC3C4CCC(C4)C32)cc1. The fraction of sp³-hybridized carbons (Fsp3) is 0.407. The average Bonchev–Trinajstić information content (AvgIpc) is 3.57. The van der Waals surface area contributed by atoms with E-state index >= 15 is 0 Å². The number of primary sulfonamides is 1. The lowest BCUT2D eigenvalue weighted by molar-refractivity contribution is -0.116. The first-order valence-electron chi connectivity index (χ1n) is 12.7. The van der Waals surface area contributed by atoms with Gasteiger partial charge in [0.1, 0.15) is 6.54 Å². The van der Waals surface area contributed by atoms with E-state index in [-0.39, 0.29) is 28.1 Å². The molecule has 1 amide bonds. The lowest BCUT2D eigenvalue weighted by atomic mass is 9.75. The molecule has 1 aliphatic heterocycles. The van der Waals surface area contributed by atoms with E-state index in [1.54, 1.807) is 16.3 Å². The number of aromatic nitrogens is 1. The van der Waals surface area contributed by atoms with Crippen LogP contribution in [0.5, 0.6) is 0 Å². The molecule has 2 saturated carbocycles. The fourth-order valence-corrected chi connectivity index (χ4v) is 10.2. The number of thioether (sulfide) groups is 1. The smallest absolute Gasteiger partial charge is 0.308 e. The van der Waals surface area contributed by atoms with Crippen LogP contribution in [-0.4, -0.2) is 38.2 Å². The second kappa shape index (κ2) is 9.55. The van der Waals surface area contributed by atoms with Crippen molar-refractivity contribution in [1.82, 2.24) is 4.57 Å². The zero-order valence-corrected chi connectivity index (χ0v) is 23.6. The number of carbonyl (C=O) groups excluding carboxylic acids is 1. The van der Waals surface area contributed by atoms with Crippen LogP contribution in [0, 0.1) is 17.8 Å². The van der Waals surface area contributed by atoms with E-state index in [2.05, 4.69) is 34.5 Å². The number of carbonyl (C=O) groups is 1. The highest BCUT2D eigenvalue weighted by atomic mass is 32.2. The molecule has 2 aliphatic carbocycles. The van der Waals surface area contributed by atoms with Crippen molar-refractivity contribution in [1.29, 1.82) is 0 Å². The molecule has 11 heteroatoms. The van der Waals surface area contributed by atoms with Crippen LogP contribution in [0.1, 0.15) is 35.6 Å². The molecular formula is C27H30N4O4S3. The lowest BCUT2D eigenvalue weighted by Crippen LogP contribution is -2.34. The molecule has 0 saturated heterocycles. The molecule has 6 rings (SSSR count). The van der Waals surface area contributed by atoms with Gasteiger partial charge in [-0.1, -0.05) is 23.5 Å². The van der Waals surface area contributed by atoms with E-state index in [4.69, 9.17) is 5.14 Å². The number of rotatable bonds is 6. The van der Waals surface area contributed by atoms with Crippen LogP contribution in [0.3, 0.4) is 0 Å². The maximum atomic E-state index is 13.3. The quantitative estimate of drug-likeness (QED) is 0.465. The first-order valence-corrected chi connectivity index (χ1v) is 15.9. The van der Waals surface area contributed by atoms with Gasteiger partial charge < -0.3 is 10.2 Å². The second-order valence-electron chi connectivity index (χ2n) is 10.7. The molecule has 1 aromatic heterocycles. The lowest BCUT2D eigenvalue weighted by Gasteiger charge is -2.40. The van der Waals surface area contributed by atoms with Crippen LogP contribution >= 0.6 is 23.1 Å². The summed E-state index contributed by atoms with van der Waals surface area (Å²) in [5.74, 6) is 1.67. The molecule has 3 N–H and O–H groups in total. The second-order valence-corrected chi connectivity index (χ2v) is 14.4. The van der Waals surface area contributed by atoms with Gasteiger partial charge >= 0.3 is 4.87 Å². The number of anilines is 2. The van der Waals surface area contributed by atoms with Gasteiger partial charge in [0.05, 0.1) is 9.92 Å². The Balaban J connectivity index is 1.31. The van der Waals surface area contributed by atoms with Gasteiger partial charge in [-0.15, -0.1) is 11.8 Å². The monoisotopic (exact) mass is 570 g/mol. The van der Waals surface area contributed by atoms with Crippen molar-refractivity contribution < 1.29 is 13.2 Å². The highest BCUT2D eigenvalue weighted by Crippen LogP contribution is 2.64. The Morgan fingerprint density at radius 2 is 1.76 bits per heavy atom. The van der Waals surface area contributed by atoms with Crippen LogP contribution in [0.15, 0.2) is 63.2 Å². The minimum atomic E-state index is -3.81. The Labute approximate surface area is 230 Å². The summed E-state index contributed by atoms with van der Waals surface area (Å²) in [7, 11) is 0.246. The van der Waals surface area contributed by atoms with Crippen LogP contribution in [0.4, 0.5) is 11.4 Å². The van der Waals surface area contributed by atoms with Crippen molar-refractivity contribution in [2.45, 2.75) is 46.9 Å². The van der Waals surface area contributed by atoms with Crippen LogP contribution in [0.25, 0.3) is 0 Å². The van der Waals surface area contributed by atoms with Gasteiger partial charge in [-0.25, -0.2) is 13.6 Å². The molecule has 5 atom stereocenters. The number of benzene rings is 2. The minimum Gasteiger partial charge on any atom is -0.378 e. The Hall–Kier alpha value is -2.60. The van der Waals surface area contributed by atoms with Crippen LogP contribution in [0.2, 0.25) is 0 Å². The normalized spacial score (nSPS) is 25.6. The van der Waals surface area contributed by atoms with Crippen molar-refractivity contribution in [2.75, 3.05) is 24.3 Å². The van der Waals surface area contributed by atoms with E-state index in [0.717, 1.165) is 15.6 Å². The number of nitrogens with one attached hydrogen (secondary N) is 1. The van der Waals surface area contributed by atoms with Crippen LogP contribution < -0.4 is 20.2 Å². The Morgan fingerprint density at radius 1 is 1.08 bits per heavy atom. The van der Waals surface area contributed by atoms with E-state index in [9.17, 15) is 18.0 Å². The first-order chi connectivity index (χ1) is 18.1. The summed E-state index contributed by atoms with van der Waals surface area (Å²) in [6.45, 7) is -0.0909. The molecule has 4 unspecified atom stereocenters. The molecule has 2 heterocycles. The number of sulfonamides is 1. The average molecular weight is 571 g/mol. The molecular weight excluding hydrogens is 541 g/mol. The molecule has 3 aliphatic rings. The third-order valence-corrected chi connectivity index (χ3v) is 12.0. The number of nitrogens with zero attached hydrogens (tertiary/aromatic N) is 2. The van der Waals surface area contributed by atoms with E-state index in [1.807, 2.05) is 14.1 Å². The molecule has 8 nitrogen and oxygen atoms in total. The van der Waals surface area contributed by atoms with Crippen molar-refractivity contribution in [3.63, 3.8) is 0 Å². The number of thiazole rings is 1. The number of hydrogen-bond donors (Lipinski definition) is 2. The van der Waals surface area contributed by atoms with Crippen molar-refractivity contribution in [2.24, 2.45) is 22.9 Å². The summed E-state index contributed by atoms with van der Waals surface area (Å²) in [6, 6.07) is 14.4. The Bertz CT molecular complexity index is 1540. The fourth-order valence-electron chi connectivity index (χ4n) is 6.51. The summed E-state index contributed by atoms with van der Waals surface area (Å²) >= 11 is 3.08. The van der Waals surface area contributed by atoms with E-state index < -0.39 is 10.0 Å². The predicted molar refractivity (Wildman–Crippen MR) is 152 cm³/mol. The Morgan fingerprint density at radius 3 is 2.42 bits per heavy atom. The topological polar surface area (TPSA) is 114 Å². The number of amides is 1. The highest BCUT2D eigenvalue weighted by molar-refractivity contribution is 8.00. The minimum absolute atomic E-state index is 0.0277. The summed E-state index contributed by atoms with van der Waals surface area (Å²) in [5, 5.41) is 9.32. The first kappa shape index (κ1) is 25.7. The molecule has 2 bridgehead atoms. The van der Waals surface area contributed by atoms with E-state index in [1.165, 1.54) is 60.4 Å². The zero-order chi connectivity index (χ0) is 26.8. The molecule has 200 valence electrons. The molecule has 0 spiro atoms. The molecule has 3 aromatic rings. The number of hydrogen-bond acceptors (Lipinski definition) is 7. The zero-order valence-electron chi connectivity index (χ0n) is 21.2. The predicted octanol–water partition coefficient (Wildman–Crippen LogP) is 3.91.